The lowest BCUT2D eigenvalue weighted by Gasteiger charge is -2.34. The molecule has 0 aliphatic heterocycles. The molecule has 9 heteroatoms. The third-order valence-electron chi connectivity index (χ3n) is 7.61. The maximum Gasteiger partial charge on any atom is 0.264 e. The van der Waals surface area contributed by atoms with E-state index in [4.69, 9.17) is 4.74 Å². The number of amides is 2. The molecule has 0 aliphatic rings. The topological polar surface area (TPSA) is 96.0 Å². The van der Waals surface area contributed by atoms with Gasteiger partial charge in [-0.1, -0.05) is 55.8 Å². The molecule has 0 spiro atoms. The van der Waals surface area contributed by atoms with E-state index in [0.29, 0.717) is 17.9 Å². The molecule has 8 nitrogen and oxygen atoms in total. The minimum absolute atomic E-state index is 0.0753. The van der Waals surface area contributed by atoms with Crippen LogP contribution in [0.15, 0.2) is 71.6 Å². The van der Waals surface area contributed by atoms with Crippen molar-refractivity contribution in [3.63, 3.8) is 0 Å². The fraction of sp³-hybridized carbons (Fsp3) is 0.394. The SMILES string of the molecule is CC[C@@H](C)NC(=O)[C@H](CC)N(Cc1cccc(OC)c1)C(=O)CN(c1cccc(C)c1C)S(=O)(=O)c1ccc(C)cc1. The number of ether oxygens (including phenoxy) is 1. The molecule has 0 saturated heterocycles. The average molecular weight is 594 g/mol. The highest BCUT2D eigenvalue weighted by Crippen LogP contribution is 2.29. The lowest BCUT2D eigenvalue weighted by Crippen LogP contribution is -2.53. The molecule has 1 N–H and O–H groups in total. The van der Waals surface area contributed by atoms with Gasteiger partial charge in [0.25, 0.3) is 10.0 Å². The first-order valence-corrected chi connectivity index (χ1v) is 15.7. The number of aryl methyl sites for hydroxylation is 2. The fourth-order valence-corrected chi connectivity index (χ4v) is 6.16. The zero-order chi connectivity index (χ0) is 31.0. The highest BCUT2D eigenvalue weighted by Gasteiger charge is 2.34. The predicted octanol–water partition coefficient (Wildman–Crippen LogP) is 5.54. The van der Waals surface area contributed by atoms with Crippen LogP contribution in [0.5, 0.6) is 5.75 Å². The van der Waals surface area contributed by atoms with Crippen LogP contribution in [0.3, 0.4) is 0 Å². The molecule has 3 rings (SSSR count). The van der Waals surface area contributed by atoms with Crippen molar-refractivity contribution in [1.82, 2.24) is 10.2 Å². The Labute approximate surface area is 250 Å². The molecule has 0 unspecified atom stereocenters. The molecular formula is C33H43N3O5S. The monoisotopic (exact) mass is 593 g/mol. The highest BCUT2D eigenvalue weighted by atomic mass is 32.2. The second kappa shape index (κ2) is 14.4. The van der Waals surface area contributed by atoms with Crippen molar-refractivity contribution < 1.29 is 22.7 Å². The molecular weight excluding hydrogens is 550 g/mol. The molecule has 226 valence electrons. The zero-order valence-corrected chi connectivity index (χ0v) is 26.5. The zero-order valence-electron chi connectivity index (χ0n) is 25.7. The Morgan fingerprint density at radius 2 is 1.60 bits per heavy atom. The van der Waals surface area contributed by atoms with E-state index in [1.807, 2.05) is 65.8 Å². The Hall–Kier alpha value is -3.85. The maximum absolute atomic E-state index is 14.3. The molecule has 0 aliphatic carbocycles. The van der Waals surface area contributed by atoms with Crippen LogP contribution in [0.25, 0.3) is 0 Å². The van der Waals surface area contributed by atoms with E-state index in [9.17, 15) is 18.0 Å². The molecule has 0 heterocycles. The molecule has 3 aromatic carbocycles. The number of hydrogen-bond acceptors (Lipinski definition) is 5. The first-order valence-electron chi connectivity index (χ1n) is 14.3. The van der Waals surface area contributed by atoms with Gasteiger partial charge in [-0.2, -0.15) is 0 Å². The summed E-state index contributed by atoms with van der Waals surface area (Å²) in [6.45, 7) is 11.0. The Bertz CT molecular complexity index is 1490. The van der Waals surface area contributed by atoms with Gasteiger partial charge in [-0.15, -0.1) is 0 Å². The Morgan fingerprint density at radius 3 is 2.21 bits per heavy atom. The Morgan fingerprint density at radius 1 is 0.929 bits per heavy atom. The number of methoxy groups -OCH3 is 1. The number of benzene rings is 3. The second-order valence-corrected chi connectivity index (χ2v) is 12.5. The summed E-state index contributed by atoms with van der Waals surface area (Å²) in [6, 6.07) is 18.4. The number of carbonyl (C=O) groups excluding carboxylic acids is 2. The van der Waals surface area contributed by atoms with Crippen molar-refractivity contribution in [2.45, 2.75) is 77.9 Å². The number of anilines is 1. The molecule has 0 fully saturated rings. The third-order valence-corrected chi connectivity index (χ3v) is 9.38. The van der Waals surface area contributed by atoms with Gasteiger partial charge in [0.05, 0.1) is 17.7 Å². The number of carbonyl (C=O) groups is 2. The summed E-state index contributed by atoms with van der Waals surface area (Å²) in [5.74, 6) is -0.140. The number of nitrogens with zero attached hydrogens (tertiary/aromatic N) is 2. The summed E-state index contributed by atoms with van der Waals surface area (Å²) in [4.78, 5) is 29.3. The van der Waals surface area contributed by atoms with Crippen LogP contribution in [0.1, 0.15) is 55.9 Å². The minimum atomic E-state index is -4.13. The van der Waals surface area contributed by atoms with Gasteiger partial charge in [-0.3, -0.25) is 13.9 Å². The van der Waals surface area contributed by atoms with E-state index in [-0.39, 0.29) is 23.4 Å². The van der Waals surface area contributed by atoms with Gasteiger partial charge < -0.3 is 15.0 Å². The first-order chi connectivity index (χ1) is 19.9. The first kappa shape index (κ1) is 32.7. The summed E-state index contributed by atoms with van der Waals surface area (Å²) < 4.78 is 34.8. The van der Waals surface area contributed by atoms with E-state index in [0.717, 1.165) is 28.7 Å². The molecule has 2 atom stereocenters. The van der Waals surface area contributed by atoms with E-state index in [2.05, 4.69) is 5.32 Å². The van der Waals surface area contributed by atoms with Crippen LogP contribution in [-0.2, 0) is 26.2 Å². The summed E-state index contributed by atoms with van der Waals surface area (Å²) in [7, 11) is -2.57. The van der Waals surface area contributed by atoms with Crippen LogP contribution in [0.2, 0.25) is 0 Å². The van der Waals surface area contributed by atoms with E-state index >= 15 is 0 Å². The fourth-order valence-electron chi connectivity index (χ4n) is 4.68. The Balaban J connectivity index is 2.11. The van der Waals surface area contributed by atoms with Gasteiger partial charge >= 0.3 is 0 Å². The summed E-state index contributed by atoms with van der Waals surface area (Å²) in [5.41, 5.74) is 3.75. The van der Waals surface area contributed by atoms with Gasteiger partial charge in [0.15, 0.2) is 0 Å². The summed E-state index contributed by atoms with van der Waals surface area (Å²) in [5, 5.41) is 3.00. The van der Waals surface area contributed by atoms with Crippen molar-refractivity contribution in [3.05, 3.63) is 89.0 Å². The van der Waals surface area contributed by atoms with Crippen LogP contribution in [0, 0.1) is 20.8 Å². The molecule has 2 amide bonds. The quantitative estimate of drug-likeness (QED) is 0.281. The van der Waals surface area contributed by atoms with Gasteiger partial charge in [0.1, 0.15) is 18.3 Å². The van der Waals surface area contributed by atoms with Crippen LogP contribution in [0.4, 0.5) is 5.69 Å². The number of nitrogens with one attached hydrogen (secondary N) is 1. The Kier molecular flexibility index (Phi) is 11.2. The third kappa shape index (κ3) is 7.70. The number of sulfonamides is 1. The smallest absolute Gasteiger partial charge is 0.264 e. The lowest BCUT2D eigenvalue weighted by atomic mass is 10.1. The van der Waals surface area contributed by atoms with E-state index < -0.39 is 28.5 Å². The van der Waals surface area contributed by atoms with Crippen LogP contribution >= 0.6 is 0 Å². The minimum Gasteiger partial charge on any atom is -0.497 e. The van der Waals surface area contributed by atoms with Crippen molar-refractivity contribution >= 4 is 27.5 Å². The second-order valence-electron chi connectivity index (χ2n) is 10.7. The molecule has 0 bridgehead atoms. The lowest BCUT2D eigenvalue weighted by molar-refractivity contribution is -0.140. The van der Waals surface area contributed by atoms with E-state index in [1.54, 1.807) is 49.6 Å². The van der Waals surface area contributed by atoms with Crippen molar-refractivity contribution in [3.8, 4) is 5.75 Å². The van der Waals surface area contributed by atoms with Crippen molar-refractivity contribution in [1.29, 1.82) is 0 Å². The van der Waals surface area contributed by atoms with Crippen LogP contribution in [-0.4, -0.2) is 50.9 Å². The number of hydrogen-bond donors (Lipinski definition) is 1. The molecule has 42 heavy (non-hydrogen) atoms. The highest BCUT2D eigenvalue weighted by molar-refractivity contribution is 7.92. The van der Waals surface area contributed by atoms with Gasteiger partial charge in [0, 0.05) is 12.6 Å². The maximum atomic E-state index is 14.3. The van der Waals surface area contributed by atoms with Gasteiger partial charge in [-0.05, 0) is 87.6 Å². The molecule has 3 aromatic rings. The summed E-state index contributed by atoms with van der Waals surface area (Å²) in [6.07, 6.45) is 1.09. The summed E-state index contributed by atoms with van der Waals surface area (Å²) >= 11 is 0. The van der Waals surface area contributed by atoms with Crippen molar-refractivity contribution in [2.24, 2.45) is 0 Å². The van der Waals surface area contributed by atoms with Crippen molar-refractivity contribution in [2.75, 3.05) is 18.0 Å². The largest absolute Gasteiger partial charge is 0.497 e. The average Bonchev–Trinajstić information content (AvgIpc) is 2.97. The predicted molar refractivity (Wildman–Crippen MR) is 167 cm³/mol. The van der Waals surface area contributed by atoms with E-state index in [1.165, 1.54) is 9.21 Å². The molecule has 0 radical (unpaired) electrons. The van der Waals surface area contributed by atoms with Crippen LogP contribution < -0.4 is 14.4 Å². The standard InChI is InChI=1S/C33H43N3O5S/c1-8-25(5)34-33(38)30(9-2)35(21-27-13-11-14-28(20-27)41-7)32(37)22-36(31-15-10-12-24(4)26(31)6)42(39,40)29-18-16-23(3)17-19-29/h10-20,25,30H,8-9,21-22H2,1-7H3,(H,34,38)/t25-,30+/m1/s1. The molecule has 0 aromatic heterocycles. The normalized spacial score (nSPS) is 12.7. The van der Waals surface area contributed by atoms with Gasteiger partial charge in [0.2, 0.25) is 11.8 Å². The number of rotatable bonds is 13. The van der Waals surface area contributed by atoms with Gasteiger partial charge in [-0.25, -0.2) is 8.42 Å². The molecule has 0 saturated carbocycles.